The van der Waals surface area contributed by atoms with Crippen molar-refractivity contribution in [3.8, 4) is 0 Å². The van der Waals surface area contributed by atoms with E-state index in [1.807, 2.05) is 0 Å². The van der Waals surface area contributed by atoms with Gasteiger partial charge in [-0.1, -0.05) is 26.7 Å². The number of Topliss-reactive ketones (excluding diaryl/α,β-unsaturated/α-hetero) is 1. The van der Waals surface area contributed by atoms with Crippen molar-refractivity contribution in [3.63, 3.8) is 0 Å². The lowest BCUT2D eigenvalue weighted by atomic mass is 10.0. The minimum atomic E-state index is 0.190. The summed E-state index contributed by atoms with van der Waals surface area (Å²) in [5.41, 5.74) is 0. The predicted octanol–water partition coefficient (Wildman–Crippen LogP) is 2.41. The van der Waals surface area contributed by atoms with Crippen LogP contribution in [0, 0.1) is 5.92 Å². The summed E-state index contributed by atoms with van der Waals surface area (Å²) in [5, 5.41) is 0. The Hall–Kier alpha value is -0.410. The smallest absolute Gasteiger partial charge is 0.149 e. The Morgan fingerprint density at radius 1 is 1.17 bits per heavy atom. The number of carbonyl (C=O) groups is 1. The van der Waals surface area contributed by atoms with Gasteiger partial charge in [0.05, 0.1) is 6.04 Å². The molecule has 0 bridgehead atoms. The fourth-order valence-electron chi connectivity index (χ4n) is 2.70. The van der Waals surface area contributed by atoms with E-state index in [1.165, 1.54) is 12.8 Å². The molecule has 1 unspecified atom stereocenters. The van der Waals surface area contributed by atoms with Crippen LogP contribution < -0.4 is 0 Å². The number of rotatable bonds is 6. The first-order valence-electron chi connectivity index (χ1n) is 7.42. The summed E-state index contributed by atoms with van der Waals surface area (Å²) in [6.07, 6.45) is 5.40. The van der Waals surface area contributed by atoms with Crippen molar-refractivity contribution >= 4 is 5.78 Å². The highest BCUT2D eigenvalue weighted by atomic mass is 16.1. The SMILES string of the molecule is CC(C)CN(CCN(C)C)C1CCCCCC1=O. The normalized spacial score (nSPS) is 21.9. The zero-order valence-corrected chi connectivity index (χ0v) is 12.6. The Morgan fingerprint density at radius 3 is 2.50 bits per heavy atom. The molecule has 0 aromatic rings. The quantitative estimate of drug-likeness (QED) is 0.680. The van der Waals surface area contributed by atoms with Crippen LogP contribution in [0.25, 0.3) is 0 Å². The van der Waals surface area contributed by atoms with Gasteiger partial charge in [0, 0.05) is 26.1 Å². The molecule has 106 valence electrons. The molecule has 0 radical (unpaired) electrons. The Morgan fingerprint density at radius 2 is 1.89 bits per heavy atom. The van der Waals surface area contributed by atoms with Crippen molar-refractivity contribution in [3.05, 3.63) is 0 Å². The first-order chi connectivity index (χ1) is 8.50. The Balaban J connectivity index is 2.63. The summed E-state index contributed by atoms with van der Waals surface area (Å²) in [6.45, 7) is 7.58. The number of nitrogens with zero attached hydrogens (tertiary/aromatic N) is 2. The number of likely N-dealkylation sites (N-methyl/N-ethyl adjacent to an activating group) is 1. The molecule has 18 heavy (non-hydrogen) atoms. The lowest BCUT2D eigenvalue weighted by Crippen LogP contribution is -2.45. The molecule has 0 spiro atoms. The van der Waals surface area contributed by atoms with Gasteiger partial charge in [-0.05, 0) is 32.9 Å². The average Bonchev–Trinajstić information content (AvgIpc) is 2.48. The third kappa shape index (κ3) is 5.49. The first kappa shape index (κ1) is 15.6. The van der Waals surface area contributed by atoms with Crippen LogP contribution in [-0.2, 0) is 4.79 Å². The van der Waals surface area contributed by atoms with Crippen molar-refractivity contribution in [1.29, 1.82) is 0 Å². The van der Waals surface area contributed by atoms with E-state index in [0.717, 1.165) is 38.9 Å². The van der Waals surface area contributed by atoms with Gasteiger partial charge in [0.1, 0.15) is 5.78 Å². The average molecular weight is 254 g/mol. The molecule has 1 rings (SSSR count). The van der Waals surface area contributed by atoms with Gasteiger partial charge in [-0.3, -0.25) is 9.69 Å². The van der Waals surface area contributed by atoms with Crippen molar-refractivity contribution in [2.75, 3.05) is 33.7 Å². The van der Waals surface area contributed by atoms with Crippen LogP contribution in [0.2, 0.25) is 0 Å². The number of carbonyl (C=O) groups excluding carboxylic acids is 1. The zero-order valence-electron chi connectivity index (χ0n) is 12.6. The van der Waals surface area contributed by atoms with Gasteiger partial charge < -0.3 is 4.90 Å². The maximum Gasteiger partial charge on any atom is 0.149 e. The summed E-state index contributed by atoms with van der Waals surface area (Å²) in [4.78, 5) is 16.9. The molecule has 0 heterocycles. The second-order valence-corrected chi connectivity index (χ2v) is 6.27. The highest BCUT2D eigenvalue weighted by Gasteiger charge is 2.27. The van der Waals surface area contributed by atoms with Crippen LogP contribution in [0.4, 0.5) is 0 Å². The molecule has 0 aliphatic heterocycles. The minimum absolute atomic E-state index is 0.190. The fourth-order valence-corrected chi connectivity index (χ4v) is 2.70. The lowest BCUT2D eigenvalue weighted by molar-refractivity contribution is -0.124. The number of hydrogen-bond acceptors (Lipinski definition) is 3. The molecule has 3 nitrogen and oxygen atoms in total. The van der Waals surface area contributed by atoms with E-state index >= 15 is 0 Å². The molecule has 1 saturated carbocycles. The van der Waals surface area contributed by atoms with Crippen LogP contribution in [0.3, 0.4) is 0 Å². The molecule has 1 fully saturated rings. The molecule has 0 aromatic heterocycles. The van der Waals surface area contributed by atoms with E-state index in [0.29, 0.717) is 11.7 Å². The van der Waals surface area contributed by atoms with Gasteiger partial charge in [-0.2, -0.15) is 0 Å². The maximum atomic E-state index is 12.2. The van der Waals surface area contributed by atoms with Crippen LogP contribution in [0.15, 0.2) is 0 Å². The molecule has 0 N–H and O–H groups in total. The molecular formula is C15H30N2O. The third-order valence-corrected chi connectivity index (χ3v) is 3.65. The highest BCUT2D eigenvalue weighted by Crippen LogP contribution is 2.20. The van der Waals surface area contributed by atoms with Gasteiger partial charge in [-0.15, -0.1) is 0 Å². The van der Waals surface area contributed by atoms with Crippen molar-refractivity contribution in [1.82, 2.24) is 9.80 Å². The molecule has 0 saturated heterocycles. The Labute approximate surface area is 113 Å². The van der Waals surface area contributed by atoms with Crippen LogP contribution >= 0.6 is 0 Å². The van der Waals surface area contributed by atoms with E-state index < -0.39 is 0 Å². The second-order valence-electron chi connectivity index (χ2n) is 6.27. The standard InChI is InChI=1S/C15H30N2O/c1-13(2)12-17(11-10-16(3)4)14-8-6-5-7-9-15(14)18/h13-14H,5-12H2,1-4H3. The Kier molecular flexibility index (Phi) is 6.87. The summed E-state index contributed by atoms with van der Waals surface area (Å²) >= 11 is 0. The molecule has 1 aliphatic rings. The van der Waals surface area contributed by atoms with Gasteiger partial charge >= 0.3 is 0 Å². The summed E-state index contributed by atoms with van der Waals surface area (Å²) in [6, 6.07) is 0.190. The highest BCUT2D eigenvalue weighted by molar-refractivity contribution is 5.84. The zero-order chi connectivity index (χ0) is 13.5. The van der Waals surface area contributed by atoms with Gasteiger partial charge in [0.25, 0.3) is 0 Å². The second kappa shape index (κ2) is 7.90. The third-order valence-electron chi connectivity index (χ3n) is 3.65. The summed E-state index contributed by atoms with van der Waals surface area (Å²) < 4.78 is 0. The van der Waals surface area contributed by atoms with Gasteiger partial charge in [0.2, 0.25) is 0 Å². The van der Waals surface area contributed by atoms with E-state index in [1.54, 1.807) is 0 Å². The van der Waals surface area contributed by atoms with E-state index in [9.17, 15) is 4.79 Å². The number of ketones is 1. The first-order valence-corrected chi connectivity index (χ1v) is 7.42. The Bertz CT molecular complexity index is 251. The summed E-state index contributed by atoms with van der Waals surface area (Å²) in [7, 11) is 4.20. The number of hydrogen-bond donors (Lipinski definition) is 0. The van der Waals surface area contributed by atoms with Crippen molar-refractivity contribution in [2.45, 2.75) is 52.0 Å². The van der Waals surface area contributed by atoms with Crippen molar-refractivity contribution in [2.24, 2.45) is 5.92 Å². The molecule has 0 aromatic carbocycles. The topological polar surface area (TPSA) is 23.6 Å². The van der Waals surface area contributed by atoms with E-state index in [-0.39, 0.29) is 6.04 Å². The molecular weight excluding hydrogens is 224 g/mol. The molecule has 1 atom stereocenters. The van der Waals surface area contributed by atoms with E-state index in [2.05, 4.69) is 37.7 Å². The minimum Gasteiger partial charge on any atom is -0.308 e. The molecule has 1 aliphatic carbocycles. The van der Waals surface area contributed by atoms with Crippen LogP contribution in [-0.4, -0.2) is 55.4 Å². The fraction of sp³-hybridized carbons (Fsp3) is 0.933. The van der Waals surface area contributed by atoms with Gasteiger partial charge in [0.15, 0.2) is 0 Å². The maximum absolute atomic E-state index is 12.2. The van der Waals surface area contributed by atoms with E-state index in [4.69, 9.17) is 0 Å². The molecule has 0 amide bonds. The van der Waals surface area contributed by atoms with Gasteiger partial charge in [-0.25, -0.2) is 0 Å². The lowest BCUT2D eigenvalue weighted by Gasteiger charge is -2.32. The monoisotopic (exact) mass is 254 g/mol. The molecule has 3 heteroatoms. The largest absolute Gasteiger partial charge is 0.308 e. The van der Waals surface area contributed by atoms with Crippen LogP contribution in [0.5, 0.6) is 0 Å². The predicted molar refractivity (Wildman–Crippen MR) is 76.8 cm³/mol. The van der Waals surface area contributed by atoms with Crippen molar-refractivity contribution < 1.29 is 4.79 Å². The summed E-state index contributed by atoms with van der Waals surface area (Å²) in [5.74, 6) is 1.11. The van der Waals surface area contributed by atoms with Crippen LogP contribution in [0.1, 0.15) is 46.0 Å².